The van der Waals surface area contributed by atoms with Crippen LogP contribution in [-0.4, -0.2) is 35.4 Å². The number of para-hydroxylation sites is 2. The third kappa shape index (κ3) is 5.40. The number of nitrogens with one attached hydrogen (secondary N) is 2. The van der Waals surface area contributed by atoms with Gasteiger partial charge in [-0.2, -0.15) is 0 Å². The molecule has 0 saturated heterocycles. The van der Waals surface area contributed by atoms with E-state index in [0.717, 1.165) is 5.56 Å². The molecule has 24 heavy (non-hydrogen) atoms. The highest BCUT2D eigenvalue weighted by molar-refractivity contribution is 5.99. The number of carbonyl (C=O) groups excluding carboxylic acids is 2. The van der Waals surface area contributed by atoms with Crippen molar-refractivity contribution in [2.24, 2.45) is 0 Å². The Morgan fingerprint density at radius 3 is 2.33 bits per heavy atom. The maximum atomic E-state index is 12.2. The molecule has 0 aromatic heterocycles. The molecule has 6 nitrogen and oxygen atoms in total. The van der Waals surface area contributed by atoms with Crippen molar-refractivity contribution in [3.63, 3.8) is 0 Å². The zero-order valence-corrected chi connectivity index (χ0v) is 13.7. The van der Waals surface area contributed by atoms with Gasteiger partial charge in [-0.1, -0.05) is 24.3 Å². The molecule has 6 heteroatoms. The van der Waals surface area contributed by atoms with Crippen molar-refractivity contribution >= 4 is 23.2 Å². The first-order valence-electron chi connectivity index (χ1n) is 7.57. The van der Waals surface area contributed by atoms with Gasteiger partial charge in [0.25, 0.3) is 0 Å². The molecule has 2 amide bonds. The summed E-state index contributed by atoms with van der Waals surface area (Å²) in [7, 11) is 1.82. The third-order valence-corrected chi connectivity index (χ3v) is 3.29. The Morgan fingerprint density at radius 2 is 1.71 bits per heavy atom. The maximum Gasteiger partial charge on any atom is 0.238 e. The third-order valence-electron chi connectivity index (χ3n) is 3.29. The lowest BCUT2D eigenvalue weighted by molar-refractivity contribution is -0.117. The van der Waals surface area contributed by atoms with Crippen LogP contribution < -0.4 is 10.6 Å². The van der Waals surface area contributed by atoms with Gasteiger partial charge in [0.1, 0.15) is 5.75 Å². The number of hydrogen-bond donors (Lipinski definition) is 3. The van der Waals surface area contributed by atoms with Crippen molar-refractivity contribution in [1.29, 1.82) is 0 Å². The molecule has 2 aromatic carbocycles. The Labute approximate surface area is 141 Å². The first-order chi connectivity index (χ1) is 11.4. The molecular formula is C18H21N3O3. The van der Waals surface area contributed by atoms with Crippen LogP contribution in [-0.2, 0) is 16.1 Å². The number of anilines is 2. The van der Waals surface area contributed by atoms with Crippen molar-refractivity contribution in [2.45, 2.75) is 13.5 Å². The van der Waals surface area contributed by atoms with Gasteiger partial charge in [0.15, 0.2) is 0 Å². The summed E-state index contributed by atoms with van der Waals surface area (Å²) in [5, 5.41) is 15.0. The number of aromatic hydroxyl groups is 1. The number of phenols is 1. The molecule has 0 unspecified atom stereocenters. The quantitative estimate of drug-likeness (QED) is 0.761. The van der Waals surface area contributed by atoms with Gasteiger partial charge in [0.2, 0.25) is 11.8 Å². The summed E-state index contributed by atoms with van der Waals surface area (Å²) in [6.07, 6.45) is 0. The van der Waals surface area contributed by atoms with Crippen molar-refractivity contribution in [3.05, 3.63) is 54.1 Å². The van der Waals surface area contributed by atoms with Crippen LogP contribution >= 0.6 is 0 Å². The molecule has 0 spiro atoms. The fraction of sp³-hybridized carbons (Fsp3) is 0.222. The van der Waals surface area contributed by atoms with Crippen molar-refractivity contribution in [3.8, 4) is 5.75 Å². The first kappa shape index (κ1) is 17.5. The lowest BCUT2D eigenvalue weighted by Crippen LogP contribution is -2.30. The zero-order chi connectivity index (χ0) is 17.5. The Balaban J connectivity index is 1.94. The SMILES string of the molecule is CC(=O)Nc1ccccc1NC(=O)CN(C)Cc1cccc(O)c1. The first-order valence-corrected chi connectivity index (χ1v) is 7.57. The van der Waals surface area contributed by atoms with Crippen LogP contribution in [0.4, 0.5) is 11.4 Å². The van der Waals surface area contributed by atoms with Crippen molar-refractivity contribution in [1.82, 2.24) is 4.90 Å². The second-order valence-electron chi connectivity index (χ2n) is 5.62. The topological polar surface area (TPSA) is 81.7 Å². The van der Waals surface area contributed by atoms with Crippen LogP contribution in [0.3, 0.4) is 0 Å². The minimum Gasteiger partial charge on any atom is -0.508 e. The highest BCUT2D eigenvalue weighted by atomic mass is 16.3. The highest BCUT2D eigenvalue weighted by Crippen LogP contribution is 2.20. The van der Waals surface area contributed by atoms with Gasteiger partial charge in [0.05, 0.1) is 17.9 Å². The van der Waals surface area contributed by atoms with E-state index in [-0.39, 0.29) is 24.1 Å². The van der Waals surface area contributed by atoms with Crippen LogP contribution in [0.1, 0.15) is 12.5 Å². The molecule has 2 rings (SSSR count). The predicted molar refractivity (Wildman–Crippen MR) is 93.8 cm³/mol. The molecule has 126 valence electrons. The Hall–Kier alpha value is -2.86. The van der Waals surface area contributed by atoms with E-state index < -0.39 is 0 Å². The number of benzene rings is 2. The minimum absolute atomic E-state index is 0.185. The summed E-state index contributed by atoms with van der Waals surface area (Å²) in [5.41, 5.74) is 2.04. The van der Waals surface area contributed by atoms with E-state index in [1.54, 1.807) is 42.5 Å². The van der Waals surface area contributed by atoms with Gasteiger partial charge in [-0.15, -0.1) is 0 Å². The number of hydrogen-bond acceptors (Lipinski definition) is 4. The van der Waals surface area contributed by atoms with Crippen LogP contribution in [0.5, 0.6) is 5.75 Å². The van der Waals surface area contributed by atoms with E-state index in [9.17, 15) is 14.7 Å². The molecule has 0 saturated carbocycles. The summed E-state index contributed by atoms with van der Waals surface area (Å²) in [5.74, 6) is -0.178. The fourth-order valence-corrected chi connectivity index (χ4v) is 2.35. The van der Waals surface area contributed by atoms with Crippen molar-refractivity contribution in [2.75, 3.05) is 24.2 Å². The van der Waals surface area contributed by atoms with E-state index in [2.05, 4.69) is 10.6 Å². The molecular weight excluding hydrogens is 306 g/mol. The molecule has 0 aliphatic carbocycles. The number of rotatable bonds is 6. The minimum atomic E-state index is -0.197. The maximum absolute atomic E-state index is 12.2. The second kappa shape index (κ2) is 8.12. The fourth-order valence-electron chi connectivity index (χ4n) is 2.35. The van der Waals surface area contributed by atoms with Gasteiger partial charge in [-0.3, -0.25) is 14.5 Å². The summed E-state index contributed by atoms with van der Waals surface area (Å²) in [6.45, 7) is 2.14. The Morgan fingerprint density at radius 1 is 1.04 bits per heavy atom. The number of amides is 2. The Bertz CT molecular complexity index is 731. The van der Waals surface area contributed by atoms with Gasteiger partial charge in [0, 0.05) is 13.5 Å². The van der Waals surface area contributed by atoms with Gasteiger partial charge >= 0.3 is 0 Å². The van der Waals surface area contributed by atoms with Crippen molar-refractivity contribution < 1.29 is 14.7 Å². The molecule has 0 atom stereocenters. The van der Waals surface area contributed by atoms with E-state index in [1.165, 1.54) is 6.92 Å². The molecule has 2 aromatic rings. The van der Waals surface area contributed by atoms with Crippen LogP contribution in [0.25, 0.3) is 0 Å². The molecule has 0 aliphatic heterocycles. The molecule has 0 radical (unpaired) electrons. The van der Waals surface area contributed by atoms with E-state index in [1.807, 2.05) is 18.0 Å². The lowest BCUT2D eigenvalue weighted by atomic mass is 10.2. The monoisotopic (exact) mass is 327 g/mol. The molecule has 3 N–H and O–H groups in total. The standard InChI is InChI=1S/C18H21N3O3/c1-13(22)19-16-8-3-4-9-17(16)20-18(24)12-21(2)11-14-6-5-7-15(23)10-14/h3-10,23H,11-12H2,1-2H3,(H,19,22)(H,20,24). The van der Waals surface area contributed by atoms with E-state index in [0.29, 0.717) is 17.9 Å². The van der Waals surface area contributed by atoms with E-state index in [4.69, 9.17) is 0 Å². The number of nitrogens with zero attached hydrogens (tertiary/aromatic N) is 1. The van der Waals surface area contributed by atoms with E-state index >= 15 is 0 Å². The number of carbonyl (C=O) groups is 2. The molecule has 0 bridgehead atoms. The Kier molecular flexibility index (Phi) is 5.92. The predicted octanol–water partition coefficient (Wildman–Crippen LogP) is 2.42. The normalized spacial score (nSPS) is 10.5. The molecule has 0 fully saturated rings. The summed E-state index contributed by atoms with van der Waals surface area (Å²) < 4.78 is 0. The largest absolute Gasteiger partial charge is 0.508 e. The summed E-state index contributed by atoms with van der Waals surface area (Å²) >= 11 is 0. The van der Waals surface area contributed by atoms with Crippen LogP contribution in [0, 0.1) is 0 Å². The summed E-state index contributed by atoms with van der Waals surface area (Å²) in [6, 6.07) is 14.0. The lowest BCUT2D eigenvalue weighted by Gasteiger charge is -2.17. The number of phenolic OH excluding ortho intramolecular Hbond substituents is 1. The molecule has 0 heterocycles. The smallest absolute Gasteiger partial charge is 0.238 e. The van der Waals surface area contributed by atoms with Gasteiger partial charge in [-0.05, 0) is 36.9 Å². The van der Waals surface area contributed by atoms with Gasteiger partial charge < -0.3 is 15.7 Å². The average Bonchev–Trinajstić information content (AvgIpc) is 2.48. The van der Waals surface area contributed by atoms with Crippen LogP contribution in [0.2, 0.25) is 0 Å². The summed E-state index contributed by atoms with van der Waals surface area (Å²) in [4.78, 5) is 25.2. The average molecular weight is 327 g/mol. The number of likely N-dealkylation sites (N-methyl/N-ethyl adjacent to an activating group) is 1. The van der Waals surface area contributed by atoms with Gasteiger partial charge in [-0.25, -0.2) is 0 Å². The highest BCUT2D eigenvalue weighted by Gasteiger charge is 2.10. The van der Waals surface area contributed by atoms with Crippen LogP contribution in [0.15, 0.2) is 48.5 Å². The zero-order valence-electron chi connectivity index (χ0n) is 13.7. The second-order valence-corrected chi connectivity index (χ2v) is 5.62. The molecule has 0 aliphatic rings.